The first-order chi connectivity index (χ1) is 15.8. The molecule has 1 amide bonds. The highest BCUT2D eigenvalue weighted by Gasteiger charge is 2.29. The van der Waals surface area contributed by atoms with Gasteiger partial charge in [-0.3, -0.25) is 0 Å². The molecule has 3 rings (SSSR count). The molecule has 0 aliphatic heterocycles. The second kappa shape index (κ2) is 13.2. The van der Waals surface area contributed by atoms with Gasteiger partial charge in [-0.15, -0.1) is 0 Å². The van der Waals surface area contributed by atoms with Gasteiger partial charge in [0.25, 0.3) is 0 Å². The van der Waals surface area contributed by atoms with Crippen molar-refractivity contribution in [1.82, 2.24) is 4.90 Å². The molecule has 0 bridgehead atoms. The first-order valence-corrected chi connectivity index (χ1v) is 11.4. The fourth-order valence-corrected chi connectivity index (χ4v) is 3.90. The van der Waals surface area contributed by atoms with Crippen molar-refractivity contribution >= 4 is 6.09 Å². The largest absolute Gasteiger partial charge is 0.448 e. The zero-order chi connectivity index (χ0) is 22.6. The molecule has 2 aromatic carbocycles. The molecule has 0 saturated carbocycles. The van der Waals surface area contributed by atoms with E-state index in [4.69, 9.17) is 25.7 Å². The molecule has 4 N–H and O–H groups in total. The Kier molecular flexibility index (Phi) is 9.97. The van der Waals surface area contributed by atoms with Crippen LogP contribution in [-0.4, -0.2) is 70.2 Å². The van der Waals surface area contributed by atoms with Gasteiger partial charge >= 0.3 is 6.09 Å². The van der Waals surface area contributed by atoms with Crippen LogP contribution < -0.4 is 11.5 Å². The predicted octanol–water partition coefficient (Wildman–Crippen LogP) is 2.97. The van der Waals surface area contributed by atoms with Gasteiger partial charge in [-0.1, -0.05) is 48.5 Å². The highest BCUT2D eigenvalue weighted by atomic mass is 16.6. The van der Waals surface area contributed by atoms with Crippen LogP contribution >= 0.6 is 0 Å². The summed E-state index contributed by atoms with van der Waals surface area (Å²) in [5.41, 5.74) is 15.8. The fraction of sp³-hybridized carbons (Fsp3) is 0.480. The molecule has 0 saturated heterocycles. The molecule has 1 aliphatic carbocycles. The van der Waals surface area contributed by atoms with Crippen LogP contribution in [0.3, 0.4) is 0 Å². The van der Waals surface area contributed by atoms with Gasteiger partial charge in [0.05, 0.1) is 13.2 Å². The molecule has 0 aromatic heterocycles. The maximum Gasteiger partial charge on any atom is 0.409 e. The van der Waals surface area contributed by atoms with Crippen LogP contribution in [0.25, 0.3) is 11.1 Å². The summed E-state index contributed by atoms with van der Waals surface area (Å²) in [5, 5.41) is 0. The van der Waals surface area contributed by atoms with E-state index in [0.717, 1.165) is 12.8 Å². The van der Waals surface area contributed by atoms with E-state index in [0.29, 0.717) is 59.2 Å². The van der Waals surface area contributed by atoms with Crippen molar-refractivity contribution in [3.8, 4) is 11.1 Å². The van der Waals surface area contributed by atoms with Crippen LogP contribution in [0.1, 0.15) is 29.9 Å². The zero-order valence-electron chi connectivity index (χ0n) is 18.7. The topological polar surface area (TPSA) is 100 Å². The summed E-state index contributed by atoms with van der Waals surface area (Å²) in [6.07, 6.45) is 1.25. The van der Waals surface area contributed by atoms with E-state index in [2.05, 4.69) is 24.3 Å². The molecule has 32 heavy (non-hydrogen) atoms. The van der Waals surface area contributed by atoms with Gasteiger partial charge in [0, 0.05) is 32.2 Å². The molecule has 2 aromatic rings. The van der Waals surface area contributed by atoms with Crippen LogP contribution in [0, 0.1) is 0 Å². The Morgan fingerprint density at radius 1 is 0.781 bits per heavy atom. The normalized spacial score (nSPS) is 12.4. The van der Waals surface area contributed by atoms with Gasteiger partial charge < -0.3 is 30.6 Å². The number of rotatable bonds is 14. The van der Waals surface area contributed by atoms with E-state index in [-0.39, 0.29) is 12.0 Å². The van der Waals surface area contributed by atoms with Gasteiger partial charge in [-0.25, -0.2) is 4.79 Å². The summed E-state index contributed by atoms with van der Waals surface area (Å²) in [5.74, 6) is 0.0369. The summed E-state index contributed by atoms with van der Waals surface area (Å²) >= 11 is 0. The third-order valence-electron chi connectivity index (χ3n) is 5.59. The first-order valence-electron chi connectivity index (χ1n) is 11.4. The number of carbonyl (C=O) groups excluding carboxylic acids is 1. The van der Waals surface area contributed by atoms with E-state index in [1.807, 2.05) is 24.3 Å². The predicted molar refractivity (Wildman–Crippen MR) is 126 cm³/mol. The van der Waals surface area contributed by atoms with Gasteiger partial charge in [0.1, 0.15) is 6.61 Å². The molecular weight excluding hydrogens is 406 g/mol. The lowest BCUT2D eigenvalue weighted by atomic mass is 9.98. The SMILES string of the molecule is NCCCOCCN(CCOCCCN)C(=O)OCC1c2ccccc2-c2ccccc21. The summed E-state index contributed by atoms with van der Waals surface area (Å²) in [7, 11) is 0. The van der Waals surface area contributed by atoms with E-state index in [9.17, 15) is 4.79 Å². The molecule has 0 radical (unpaired) electrons. The van der Waals surface area contributed by atoms with Crippen molar-refractivity contribution in [2.45, 2.75) is 18.8 Å². The number of nitrogens with two attached hydrogens (primary N) is 2. The number of ether oxygens (including phenoxy) is 3. The number of hydrogen-bond donors (Lipinski definition) is 2. The average molecular weight is 442 g/mol. The maximum atomic E-state index is 12.9. The van der Waals surface area contributed by atoms with E-state index >= 15 is 0 Å². The molecule has 0 atom stereocenters. The summed E-state index contributed by atoms with van der Waals surface area (Å²) < 4.78 is 17.0. The van der Waals surface area contributed by atoms with Gasteiger partial charge in [-0.05, 0) is 48.2 Å². The quantitative estimate of drug-likeness (QED) is 0.437. The Bertz CT molecular complexity index is 786. The van der Waals surface area contributed by atoms with Crippen LogP contribution in [0.4, 0.5) is 4.79 Å². The van der Waals surface area contributed by atoms with Crippen molar-refractivity contribution in [2.24, 2.45) is 11.5 Å². The molecule has 0 unspecified atom stereocenters. The highest BCUT2D eigenvalue weighted by molar-refractivity contribution is 5.79. The Hall–Kier alpha value is -2.45. The second-order valence-corrected chi connectivity index (χ2v) is 7.80. The number of nitrogens with zero attached hydrogens (tertiary/aromatic N) is 1. The van der Waals surface area contributed by atoms with Crippen LogP contribution in [-0.2, 0) is 14.2 Å². The lowest BCUT2D eigenvalue weighted by Gasteiger charge is -2.23. The third-order valence-corrected chi connectivity index (χ3v) is 5.59. The molecule has 7 nitrogen and oxygen atoms in total. The molecule has 0 heterocycles. The summed E-state index contributed by atoms with van der Waals surface area (Å²) in [4.78, 5) is 14.6. The van der Waals surface area contributed by atoms with Crippen molar-refractivity contribution in [3.63, 3.8) is 0 Å². The highest BCUT2D eigenvalue weighted by Crippen LogP contribution is 2.44. The molecule has 0 spiro atoms. The Morgan fingerprint density at radius 3 is 1.78 bits per heavy atom. The number of benzene rings is 2. The number of amides is 1. The van der Waals surface area contributed by atoms with Crippen LogP contribution in [0.15, 0.2) is 48.5 Å². The molecular formula is C25H35N3O4. The van der Waals surface area contributed by atoms with E-state index < -0.39 is 0 Å². The minimum Gasteiger partial charge on any atom is -0.448 e. The Morgan fingerprint density at radius 2 is 1.28 bits per heavy atom. The lowest BCUT2D eigenvalue weighted by molar-refractivity contribution is 0.0542. The summed E-state index contributed by atoms with van der Waals surface area (Å²) in [6, 6.07) is 16.6. The standard InChI is InChI=1S/C25H35N3O4/c26-11-5-15-30-17-13-28(14-18-31-16-6-12-27)25(29)32-19-24-22-9-3-1-7-20(22)21-8-2-4-10-23(21)24/h1-4,7-10,24H,5-6,11-19,26-27H2. The molecule has 7 heteroatoms. The van der Waals surface area contributed by atoms with Crippen molar-refractivity contribution in [1.29, 1.82) is 0 Å². The summed E-state index contributed by atoms with van der Waals surface area (Å²) in [6.45, 7) is 4.41. The van der Waals surface area contributed by atoms with Gasteiger partial charge in [0.15, 0.2) is 0 Å². The van der Waals surface area contributed by atoms with E-state index in [1.165, 1.54) is 22.3 Å². The third kappa shape index (κ3) is 6.53. The van der Waals surface area contributed by atoms with Gasteiger partial charge in [0.2, 0.25) is 0 Å². The molecule has 0 fully saturated rings. The monoisotopic (exact) mass is 441 g/mol. The minimum absolute atomic E-state index is 0.0369. The van der Waals surface area contributed by atoms with Crippen LogP contribution in [0.5, 0.6) is 0 Å². The second-order valence-electron chi connectivity index (χ2n) is 7.80. The minimum atomic E-state index is -0.350. The molecule has 174 valence electrons. The van der Waals surface area contributed by atoms with E-state index in [1.54, 1.807) is 4.90 Å². The molecule has 1 aliphatic rings. The number of hydrogen-bond acceptors (Lipinski definition) is 6. The zero-order valence-corrected chi connectivity index (χ0v) is 18.7. The van der Waals surface area contributed by atoms with Crippen molar-refractivity contribution < 1.29 is 19.0 Å². The average Bonchev–Trinajstić information content (AvgIpc) is 3.14. The van der Waals surface area contributed by atoms with Crippen molar-refractivity contribution in [2.75, 3.05) is 59.2 Å². The van der Waals surface area contributed by atoms with Crippen molar-refractivity contribution in [3.05, 3.63) is 59.7 Å². The first kappa shape index (κ1) is 24.2. The fourth-order valence-electron chi connectivity index (χ4n) is 3.90. The maximum absolute atomic E-state index is 12.9. The lowest BCUT2D eigenvalue weighted by Crippen LogP contribution is -2.38. The smallest absolute Gasteiger partial charge is 0.409 e. The van der Waals surface area contributed by atoms with Crippen LogP contribution in [0.2, 0.25) is 0 Å². The Balaban J connectivity index is 1.58. The number of fused-ring (bicyclic) bond motifs is 3. The van der Waals surface area contributed by atoms with Gasteiger partial charge in [-0.2, -0.15) is 0 Å². The Labute approximate surface area is 190 Å². The number of carbonyl (C=O) groups is 1.